The number of nitrogens with one attached hydrogen (secondary N) is 1. The highest BCUT2D eigenvalue weighted by Crippen LogP contribution is 2.40. The third-order valence-corrected chi connectivity index (χ3v) is 4.52. The molecule has 9 heteroatoms. The maximum atomic E-state index is 12.4. The van der Waals surface area contributed by atoms with Crippen LogP contribution in [0.2, 0.25) is 5.15 Å². The van der Waals surface area contributed by atoms with Gasteiger partial charge < -0.3 is 14.2 Å². The summed E-state index contributed by atoms with van der Waals surface area (Å²) in [7, 11) is 0.525. The second kappa shape index (κ2) is 6.93. The van der Waals surface area contributed by atoms with Gasteiger partial charge in [0, 0.05) is 18.3 Å². The summed E-state index contributed by atoms with van der Waals surface area (Å²) in [5, 5.41) is 0.205. The molecule has 0 spiro atoms. The number of methoxy groups -OCH3 is 3. The van der Waals surface area contributed by atoms with Gasteiger partial charge in [-0.3, -0.25) is 4.72 Å². The first-order valence-corrected chi connectivity index (χ1v) is 8.21. The van der Waals surface area contributed by atoms with E-state index in [4.69, 9.17) is 25.8 Å². The highest BCUT2D eigenvalue weighted by molar-refractivity contribution is 7.92. The van der Waals surface area contributed by atoms with Crippen molar-refractivity contribution in [2.75, 3.05) is 26.1 Å². The molecule has 0 fully saturated rings. The molecule has 7 nitrogen and oxygen atoms in total. The van der Waals surface area contributed by atoms with E-state index in [1.54, 1.807) is 0 Å². The molecule has 23 heavy (non-hydrogen) atoms. The van der Waals surface area contributed by atoms with Crippen molar-refractivity contribution < 1.29 is 22.6 Å². The lowest BCUT2D eigenvalue weighted by atomic mass is 10.2. The highest BCUT2D eigenvalue weighted by atomic mass is 35.5. The van der Waals surface area contributed by atoms with Crippen LogP contribution in [0.4, 0.5) is 5.69 Å². The first-order valence-electron chi connectivity index (χ1n) is 6.35. The molecule has 2 rings (SSSR count). The van der Waals surface area contributed by atoms with E-state index in [2.05, 4.69) is 9.71 Å². The van der Waals surface area contributed by atoms with Gasteiger partial charge in [-0.05, 0) is 12.1 Å². The number of hydrogen-bond donors (Lipinski definition) is 1. The lowest BCUT2D eigenvalue weighted by Crippen LogP contribution is -2.13. The normalized spacial score (nSPS) is 11.0. The molecule has 0 atom stereocenters. The third kappa shape index (κ3) is 3.77. The predicted molar refractivity (Wildman–Crippen MR) is 86.2 cm³/mol. The fraction of sp³-hybridized carbons (Fsp3) is 0.214. The fourth-order valence-corrected chi connectivity index (χ4v) is 2.97. The minimum atomic E-state index is -3.82. The number of aromatic nitrogens is 1. The van der Waals surface area contributed by atoms with Crippen molar-refractivity contribution >= 4 is 27.3 Å². The Labute approximate surface area is 139 Å². The number of rotatable bonds is 6. The lowest BCUT2D eigenvalue weighted by molar-refractivity contribution is 0.325. The Hall–Kier alpha value is -2.19. The van der Waals surface area contributed by atoms with Gasteiger partial charge in [0.2, 0.25) is 5.75 Å². The van der Waals surface area contributed by atoms with E-state index in [0.29, 0.717) is 17.2 Å². The van der Waals surface area contributed by atoms with E-state index in [1.165, 1.54) is 51.8 Å². The van der Waals surface area contributed by atoms with Gasteiger partial charge >= 0.3 is 0 Å². The average molecular weight is 359 g/mol. The van der Waals surface area contributed by atoms with E-state index in [1.807, 2.05) is 0 Å². The van der Waals surface area contributed by atoms with Gasteiger partial charge in [-0.25, -0.2) is 13.4 Å². The van der Waals surface area contributed by atoms with Crippen molar-refractivity contribution in [1.29, 1.82) is 0 Å². The largest absolute Gasteiger partial charge is 0.493 e. The van der Waals surface area contributed by atoms with Gasteiger partial charge in [-0.1, -0.05) is 11.6 Å². The van der Waals surface area contributed by atoms with Crippen molar-refractivity contribution in [1.82, 2.24) is 4.98 Å². The SMILES string of the molecule is COc1cc(NS(=O)(=O)c2ccc(Cl)nc2)cc(OC)c1OC. The highest BCUT2D eigenvalue weighted by Gasteiger charge is 2.18. The standard InChI is InChI=1S/C14H15ClN2O5S/c1-20-11-6-9(7-12(21-2)14(11)22-3)17-23(18,19)10-4-5-13(15)16-8-10/h4-8,17H,1-3H3. The van der Waals surface area contributed by atoms with Crippen LogP contribution in [0.3, 0.4) is 0 Å². The van der Waals surface area contributed by atoms with Crippen LogP contribution in [-0.4, -0.2) is 34.7 Å². The molecule has 0 radical (unpaired) electrons. The zero-order chi connectivity index (χ0) is 17.0. The van der Waals surface area contributed by atoms with Crippen LogP contribution in [0.1, 0.15) is 0 Å². The van der Waals surface area contributed by atoms with Crippen LogP contribution in [0.25, 0.3) is 0 Å². The molecule has 0 amide bonds. The molecule has 0 bridgehead atoms. The minimum absolute atomic E-state index is 0.0179. The van der Waals surface area contributed by atoms with Gasteiger partial charge in [0.15, 0.2) is 11.5 Å². The molecular weight excluding hydrogens is 344 g/mol. The topological polar surface area (TPSA) is 86.8 Å². The van der Waals surface area contributed by atoms with Gasteiger partial charge in [-0.2, -0.15) is 0 Å². The summed E-state index contributed by atoms with van der Waals surface area (Å²) in [4.78, 5) is 3.74. The molecule has 0 saturated heterocycles. The summed E-state index contributed by atoms with van der Waals surface area (Å²) >= 11 is 5.66. The maximum absolute atomic E-state index is 12.4. The monoisotopic (exact) mass is 358 g/mol. The third-order valence-electron chi connectivity index (χ3n) is 2.93. The Morgan fingerprint density at radius 3 is 2.09 bits per heavy atom. The lowest BCUT2D eigenvalue weighted by Gasteiger charge is -2.15. The molecule has 124 valence electrons. The number of nitrogens with zero attached hydrogens (tertiary/aromatic N) is 1. The number of pyridine rings is 1. The van der Waals surface area contributed by atoms with Gasteiger partial charge in [0.05, 0.1) is 27.0 Å². The summed E-state index contributed by atoms with van der Waals surface area (Å²) in [6, 6.07) is 5.73. The average Bonchev–Trinajstić information content (AvgIpc) is 2.53. The first-order chi connectivity index (χ1) is 10.9. The Morgan fingerprint density at radius 2 is 1.65 bits per heavy atom. The van der Waals surface area contributed by atoms with E-state index in [-0.39, 0.29) is 15.7 Å². The number of sulfonamides is 1. The van der Waals surface area contributed by atoms with E-state index in [0.717, 1.165) is 0 Å². The van der Waals surface area contributed by atoms with Gasteiger partial charge in [0.1, 0.15) is 10.0 Å². The zero-order valence-corrected chi connectivity index (χ0v) is 14.2. The number of anilines is 1. The molecule has 2 aromatic rings. The van der Waals surface area contributed by atoms with E-state index >= 15 is 0 Å². The van der Waals surface area contributed by atoms with Crippen LogP contribution in [0.15, 0.2) is 35.4 Å². The molecule has 0 aliphatic heterocycles. The predicted octanol–water partition coefficient (Wildman–Crippen LogP) is 2.56. The molecule has 1 aromatic carbocycles. The van der Waals surface area contributed by atoms with Crippen LogP contribution >= 0.6 is 11.6 Å². The Kier molecular flexibility index (Phi) is 5.17. The quantitative estimate of drug-likeness (QED) is 0.798. The Bertz CT molecular complexity index is 768. The van der Waals surface area contributed by atoms with Crippen LogP contribution in [-0.2, 0) is 10.0 Å². The summed E-state index contributed by atoms with van der Waals surface area (Å²) in [6.45, 7) is 0. The van der Waals surface area contributed by atoms with Crippen molar-refractivity contribution in [2.24, 2.45) is 0 Å². The number of hydrogen-bond acceptors (Lipinski definition) is 6. The van der Waals surface area contributed by atoms with Crippen LogP contribution in [0, 0.1) is 0 Å². The van der Waals surface area contributed by atoms with E-state index < -0.39 is 10.0 Å². The Balaban J connectivity index is 2.41. The number of benzene rings is 1. The molecular formula is C14H15ClN2O5S. The number of ether oxygens (including phenoxy) is 3. The first kappa shape index (κ1) is 17.2. The zero-order valence-electron chi connectivity index (χ0n) is 12.7. The molecule has 0 saturated carbocycles. The van der Waals surface area contributed by atoms with Crippen LogP contribution in [0.5, 0.6) is 17.2 Å². The maximum Gasteiger partial charge on any atom is 0.263 e. The number of halogens is 1. The summed E-state index contributed by atoms with van der Waals surface area (Å²) in [5.41, 5.74) is 0.259. The summed E-state index contributed by atoms with van der Waals surface area (Å²) in [5.74, 6) is 1.03. The molecule has 1 N–H and O–H groups in total. The van der Waals surface area contributed by atoms with Crippen molar-refractivity contribution in [3.63, 3.8) is 0 Å². The second-order valence-electron chi connectivity index (χ2n) is 4.34. The minimum Gasteiger partial charge on any atom is -0.493 e. The van der Waals surface area contributed by atoms with Crippen LogP contribution < -0.4 is 18.9 Å². The molecule has 0 unspecified atom stereocenters. The smallest absolute Gasteiger partial charge is 0.263 e. The van der Waals surface area contributed by atoms with Crippen molar-refractivity contribution in [3.05, 3.63) is 35.6 Å². The van der Waals surface area contributed by atoms with Crippen molar-refractivity contribution in [3.8, 4) is 17.2 Å². The van der Waals surface area contributed by atoms with Gasteiger partial charge in [-0.15, -0.1) is 0 Å². The molecule has 1 aromatic heterocycles. The molecule has 1 heterocycles. The second-order valence-corrected chi connectivity index (χ2v) is 6.41. The van der Waals surface area contributed by atoms with Crippen molar-refractivity contribution in [2.45, 2.75) is 4.90 Å². The van der Waals surface area contributed by atoms with E-state index in [9.17, 15) is 8.42 Å². The summed E-state index contributed by atoms with van der Waals surface area (Å²) < 4.78 is 42.7. The molecule has 0 aliphatic rings. The van der Waals surface area contributed by atoms with Gasteiger partial charge in [0.25, 0.3) is 10.0 Å². The molecule has 0 aliphatic carbocycles. The fourth-order valence-electron chi connectivity index (χ4n) is 1.88. The Morgan fingerprint density at radius 1 is 1.04 bits per heavy atom. The summed E-state index contributed by atoms with van der Waals surface area (Å²) in [6.07, 6.45) is 1.17.